The van der Waals surface area contributed by atoms with Crippen molar-refractivity contribution in [1.29, 1.82) is 0 Å². The van der Waals surface area contributed by atoms with Crippen LogP contribution in [0.3, 0.4) is 0 Å². The third-order valence-electron chi connectivity index (χ3n) is 3.04. The lowest BCUT2D eigenvalue weighted by molar-refractivity contribution is -0.123. The molecule has 106 valence electrons. The molecule has 0 aliphatic carbocycles. The van der Waals surface area contributed by atoms with Crippen LogP contribution in [0.25, 0.3) is 0 Å². The SMILES string of the molecule is O=C(CC1SCCNC1=O)Nc1ccc2c(c1)OCO2. The summed E-state index contributed by atoms with van der Waals surface area (Å²) in [7, 11) is 0. The first-order chi connectivity index (χ1) is 9.72. The molecule has 1 atom stereocenters. The second-order valence-corrected chi connectivity index (χ2v) is 5.78. The Morgan fingerprint density at radius 1 is 1.40 bits per heavy atom. The van der Waals surface area contributed by atoms with E-state index in [0.717, 1.165) is 5.75 Å². The quantitative estimate of drug-likeness (QED) is 0.869. The van der Waals surface area contributed by atoms with Crippen molar-refractivity contribution in [3.63, 3.8) is 0 Å². The maximum Gasteiger partial charge on any atom is 0.233 e. The van der Waals surface area contributed by atoms with Crippen molar-refractivity contribution in [2.75, 3.05) is 24.4 Å². The summed E-state index contributed by atoms with van der Waals surface area (Å²) in [6.07, 6.45) is 0.172. The normalized spacial score (nSPS) is 20.4. The van der Waals surface area contributed by atoms with Gasteiger partial charge >= 0.3 is 0 Å². The number of nitrogens with one attached hydrogen (secondary N) is 2. The summed E-state index contributed by atoms with van der Waals surface area (Å²) in [5.41, 5.74) is 0.639. The highest BCUT2D eigenvalue weighted by Crippen LogP contribution is 2.34. The number of fused-ring (bicyclic) bond motifs is 1. The molecular weight excluding hydrogens is 280 g/mol. The molecule has 0 bridgehead atoms. The minimum absolute atomic E-state index is 0.0675. The molecule has 0 saturated carbocycles. The zero-order valence-electron chi connectivity index (χ0n) is 10.7. The lowest BCUT2D eigenvalue weighted by atomic mass is 10.2. The average Bonchev–Trinajstić information content (AvgIpc) is 2.89. The second-order valence-electron chi connectivity index (χ2n) is 4.47. The Hall–Kier alpha value is -1.89. The molecule has 20 heavy (non-hydrogen) atoms. The molecule has 1 saturated heterocycles. The second kappa shape index (κ2) is 5.62. The van der Waals surface area contributed by atoms with Crippen LogP contribution in [-0.4, -0.2) is 36.2 Å². The van der Waals surface area contributed by atoms with Crippen LogP contribution in [0.2, 0.25) is 0 Å². The Kier molecular flexibility index (Phi) is 3.68. The summed E-state index contributed by atoms with van der Waals surface area (Å²) in [5, 5.41) is 5.22. The minimum Gasteiger partial charge on any atom is -0.454 e. The van der Waals surface area contributed by atoms with E-state index < -0.39 is 0 Å². The smallest absolute Gasteiger partial charge is 0.233 e. The highest BCUT2D eigenvalue weighted by atomic mass is 32.2. The van der Waals surface area contributed by atoms with E-state index in [-0.39, 0.29) is 30.3 Å². The van der Waals surface area contributed by atoms with E-state index in [1.54, 1.807) is 18.2 Å². The highest BCUT2D eigenvalue weighted by Gasteiger charge is 2.25. The fraction of sp³-hybridized carbons (Fsp3) is 0.385. The molecule has 0 spiro atoms. The molecule has 7 heteroatoms. The number of hydrogen-bond donors (Lipinski definition) is 2. The van der Waals surface area contributed by atoms with Crippen LogP contribution in [-0.2, 0) is 9.59 Å². The third-order valence-corrected chi connectivity index (χ3v) is 4.26. The number of hydrogen-bond acceptors (Lipinski definition) is 5. The number of thioether (sulfide) groups is 1. The molecule has 2 aliphatic heterocycles. The van der Waals surface area contributed by atoms with Crippen molar-refractivity contribution in [2.45, 2.75) is 11.7 Å². The van der Waals surface area contributed by atoms with Crippen LogP contribution in [0.4, 0.5) is 5.69 Å². The van der Waals surface area contributed by atoms with Crippen molar-refractivity contribution in [3.8, 4) is 11.5 Å². The van der Waals surface area contributed by atoms with Crippen LogP contribution in [0.1, 0.15) is 6.42 Å². The van der Waals surface area contributed by atoms with E-state index in [1.807, 2.05) is 0 Å². The van der Waals surface area contributed by atoms with Crippen molar-refractivity contribution < 1.29 is 19.1 Å². The Labute approximate surface area is 120 Å². The largest absolute Gasteiger partial charge is 0.454 e. The van der Waals surface area contributed by atoms with Gasteiger partial charge in [0, 0.05) is 30.5 Å². The third kappa shape index (κ3) is 2.82. The van der Waals surface area contributed by atoms with Crippen LogP contribution in [0, 0.1) is 0 Å². The number of ether oxygens (including phenoxy) is 2. The van der Waals surface area contributed by atoms with Gasteiger partial charge in [0.15, 0.2) is 11.5 Å². The van der Waals surface area contributed by atoms with Gasteiger partial charge in [0.2, 0.25) is 18.6 Å². The standard InChI is InChI=1S/C13H14N2O4S/c16-12(6-11-13(17)14-3-4-20-11)15-8-1-2-9-10(5-8)19-7-18-9/h1-2,5,11H,3-4,6-7H2,(H,14,17)(H,15,16). The molecule has 1 unspecified atom stereocenters. The maximum absolute atomic E-state index is 11.9. The summed E-state index contributed by atoms with van der Waals surface area (Å²) >= 11 is 1.51. The summed E-state index contributed by atoms with van der Waals surface area (Å²) in [6.45, 7) is 0.870. The molecule has 1 aromatic rings. The van der Waals surface area contributed by atoms with Gasteiger partial charge in [-0.05, 0) is 12.1 Å². The number of carbonyl (C=O) groups excluding carboxylic acids is 2. The van der Waals surface area contributed by atoms with E-state index in [9.17, 15) is 9.59 Å². The lowest BCUT2D eigenvalue weighted by Gasteiger charge is -2.20. The number of anilines is 1. The minimum atomic E-state index is -0.308. The van der Waals surface area contributed by atoms with E-state index in [0.29, 0.717) is 23.7 Å². The first-order valence-electron chi connectivity index (χ1n) is 6.31. The van der Waals surface area contributed by atoms with Gasteiger partial charge in [0.05, 0.1) is 5.25 Å². The monoisotopic (exact) mass is 294 g/mol. The van der Waals surface area contributed by atoms with E-state index in [4.69, 9.17) is 9.47 Å². The molecule has 6 nitrogen and oxygen atoms in total. The summed E-state index contributed by atoms with van der Waals surface area (Å²) < 4.78 is 10.4. The molecule has 2 N–H and O–H groups in total. The summed E-state index contributed by atoms with van der Waals surface area (Å²) in [6, 6.07) is 5.22. The Morgan fingerprint density at radius 2 is 2.25 bits per heavy atom. The Morgan fingerprint density at radius 3 is 3.10 bits per heavy atom. The van der Waals surface area contributed by atoms with Gasteiger partial charge in [-0.2, -0.15) is 0 Å². The Balaban J connectivity index is 1.60. The van der Waals surface area contributed by atoms with Crippen molar-refractivity contribution in [3.05, 3.63) is 18.2 Å². The molecule has 1 aromatic carbocycles. The van der Waals surface area contributed by atoms with Gasteiger partial charge in [0.1, 0.15) is 0 Å². The molecule has 0 aromatic heterocycles. The van der Waals surface area contributed by atoms with Crippen molar-refractivity contribution >= 4 is 29.3 Å². The van der Waals surface area contributed by atoms with Crippen molar-refractivity contribution in [2.24, 2.45) is 0 Å². The van der Waals surface area contributed by atoms with E-state index in [1.165, 1.54) is 11.8 Å². The molecule has 2 heterocycles. The zero-order valence-corrected chi connectivity index (χ0v) is 11.5. The number of benzene rings is 1. The zero-order chi connectivity index (χ0) is 13.9. The van der Waals surface area contributed by atoms with Gasteiger partial charge in [-0.1, -0.05) is 0 Å². The first-order valence-corrected chi connectivity index (χ1v) is 7.36. The van der Waals surface area contributed by atoms with Crippen LogP contribution in [0.15, 0.2) is 18.2 Å². The average molecular weight is 294 g/mol. The van der Waals surface area contributed by atoms with Gasteiger partial charge in [-0.25, -0.2) is 0 Å². The van der Waals surface area contributed by atoms with Crippen LogP contribution in [0.5, 0.6) is 11.5 Å². The van der Waals surface area contributed by atoms with Gasteiger partial charge in [-0.15, -0.1) is 11.8 Å². The number of rotatable bonds is 3. The molecule has 2 amide bonds. The molecule has 2 aliphatic rings. The number of carbonyl (C=O) groups is 2. The van der Waals surface area contributed by atoms with E-state index in [2.05, 4.69) is 10.6 Å². The fourth-order valence-electron chi connectivity index (χ4n) is 2.07. The first kappa shape index (κ1) is 13.1. The molecule has 0 radical (unpaired) electrons. The predicted molar refractivity (Wildman–Crippen MR) is 75.1 cm³/mol. The predicted octanol–water partition coefficient (Wildman–Crippen LogP) is 0.975. The maximum atomic E-state index is 11.9. The summed E-state index contributed by atoms with van der Waals surface area (Å²) in [5.74, 6) is 1.88. The van der Waals surface area contributed by atoms with Crippen LogP contribution >= 0.6 is 11.8 Å². The lowest BCUT2D eigenvalue weighted by Crippen LogP contribution is -2.40. The molecule has 3 rings (SSSR count). The number of amides is 2. The van der Waals surface area contributed by atoms with Gasteiger partial charge in [-0.3, -0.25) is 9.59 Å². The molecule has 1 fully saturated rings. The topological polar surface area (TPSA) is 76.7 Å². The fourth-order valence-corrected chi connectivity index (χ4v) is 3.08. The summed E-state index contributed by atoms with van der Waals surface area (Å²) in [4.78, 5) is 23.5. The van der Waals surface area contributed by atoms with Gasteiger partial charge < -0.3 is 20.1 Å². The van der Waals surface area contributed by atoms with Gasteiger partial charge in [0.25, 0.3) is 0 Å². The van der Waals surface area contributed by atoms with Crippen LogP contribution < -0.4 is 20.1 Å². The van der Waals surface area contributed by atoms with E-state index >= 15 is 0 Å². The van der Waals surface area contributed by atoms with Crippen molar-refractivity contribution in [1.82, 2.24) is 5.32 Å². The highest BCUT2D eigenvalue weighted by molar-refractivity contribution is 8.00. The Bertz CT molecular complexity index is 549. The molecular formula is C13H14N2O4S.